The van der Waals surface area contributed by atoms with E-state index in [1.54, 1.807) is 30.3 Å². The molecular weight excluding hydrogens is 440 g/mol. The second-order valence-corrected chi connectivity index (χ2v) is 6.64. The molecule has 3 rings (SSSR count). The van der Waals surface area contributed by atoms with E-state index in [1.165, 1.54) is 36.4 Å². The summed E-state index contributed by atoms with van der Waals surface area (Å²) in [5.41, 5.74) is 1.18. The number of carboxylic acids is 1. The highest BCUT2D eigenvalue weighted by atomic mass is 79.9. The number of benzene rings is 2. The molecule has 2 amide bonds. The van der Waals surface area contributed by atoms with Crippen LogP contribution in [0.25, 0.3) is 6.08 Å². The number of hydrogen-bond donors (Lipinski definition) is 3. The Balaban J connectivity index is 1.83. The van der Waals surface area contributed by atoms with Gasteiger partial charge < -0.3 is 20.2 Å². The quantitative estimate of drug-likeness (QED) is 0.484. The minimum atomic E-state index is -1.07. The van der Waals surface area contributed by atoms with Crippen molar-refractivity contribution >= 4 is 45.5 Å². The summed E-state index contributed by atoms with van der Waals surface area (Å²) in [7, 11) is 0. The predicted molar refractivity (Wildman–Crippen MR) is 110 cm³/mol. The van der Waals surface area contributed by atoms with Gasteiger partial charge in [-0.1, -0.05) is 30.3 Å². The average molecular weight is 455 g/mol. The molecule has 0 saturated heterocycles. The highest BCUT2D eigenvalue weighted by molar-refractivity contribution is 9.10. The number of carboxylic acid groups (broad SMARTS) is 1. The Morgan fingerprint density at radius 2 is 1.62 bits per heavy atom. The van der Waals surface area contributed by atoms with E-state index in [2.05, 4.69) is 26.6 Å². The molecule has 0 saturated carbocycles. The molecule has 1 heterocycles. The van der Waals surface area contributed by atoms with Crippen molar-refractivity contribution in [2.45, 2.75) is 0 Å². The number of amides is 2. The lowest BCUT2D eigenvalue weighted by Gasteiger charge is -2.11. The molecule has 146 valence electrons. The molecule has 0 aliphatic carbocycles. The van der Waals surface area contributed by atoms with E-state index in [0.717, 1.165) is 0 Å². The number of rotatable bonds is 6. The third-order valence-electron chi connectivity index (χ3n) is 3.79. The zero-order chi connectivity index (χ0) is 20.8. The lowest BCUT2D eigenvalue weighted by Crippen LogP contribution is -2.30. The number of nitrogens with one attached hydrogen (secondary N) is 2. The van der Waals surface area contributed by atoms with Crippen molar-refractivity contribution in [2.24, 2.45) is 0 Å². The first-order chi connectivity index (χ1) is 13.9. The number of halogens is 1. The van der Waals surface area contributed by atoms with Crippen molar-refractivity contribution in [1.82, 2.24) is 5.32 Å². The predicted octanol–water partition coefficient (Wildman–Crippen LogP) is 4.15. The Labute approximate surface area is 174 Å². The molecular formula is C21H15BrN2O5. The summed E-state index contributed by atoms with van der Waals surface area (Å²) < 4.78 is 5.61. The number of furan rings is 1. The molecule has 3 N–H and O–H groups in total. The third-order valence-corrected chi connectivity index (χ3v) is 4.22. The summed E-state index contributed by atoms with van der Waals surface area (Å²) in [4.78, 5) is 36.1. The molecule has 1 aromatic heterocycles. The van der Waals surface area contributed by atoms with Crippen molar-refractivity contribution in [2.75, 3.05) is 5.32 Å². The summed E-state index contributed by atoms with van der Waals surface area (Å²) in [5.74, 6) is -2.19. The van der Waals surface area contributed by atoms with Gasteiger partial charge in [0.05, 0.1) is 5.56 Å². The summed E-state index contributed by atoms with van der Waals surface area (Å²) >= 11 is 3.13. The van der Waals surface area contributed by atoms with E-state index in [4.69, 9.17) is 9.52 Å². The number of anilines is 1. The lowest BCUT2D eigenvalue weighted by atomic mass is 10.1. The van der Waals surface area contributed by atoms with Gasteiger partial charge in [0.15, 0.2) is 10.4 Å². The van der Waals surface area contributed by atoms with Gasteiger partial charge in [0, 0.05) is 5.69 Å². The molecule has 0 spiro atoms. The molecule has 0 atom stereocenters. The molecule has 0 aliphatic rings. The second kappa shape index (κ2) is 9.03. The van der Waals surface area contributed by atoms with Gasteiger partial charge in [-0.2, -0.15) is 0 Å². The standard InChI is InChI=1S/C21H15BrN2O5/c22-18-11-10-17(29-18)20(26)24-16(12-13-4-2-1-3-5-13)19(25)23-15-8-6-14(7-9-15)21(27)28/h1-12H,(H,23,25)(H,24,26)(H,27,28)/b16-12+. The van der Waals surface area contributed by atoms with Gasteiger partial charge in [0.2, 0.25) is 0 Å². The first-order valence-corrected chi connectivity index (χ1v) is 9.20. The summed E-state index contributed by atoms with van der Waals surface area (Å²) in [6, 6.07) is 17.7. The minimum absolute atomic E-state index is 0.00367. The first kappa shape index (κ1) is 20.1. The molecule has 0 unspecified atom stereocenters. The fraction of sp³-hybridized carbons (Fsp3) is 0. The van der Waals surface area contributed by atoms with Crippen LogP contribution in [0.2, 0.25) is 0 Å². The topological polar surface area (TPSA) is 109 Å². The van der Waals surface area contributed by atoms with Crippen molar-refractivity contribution in [3.05, 3.63) is 94.0 Å². The van der Waals surface area contributed by atoms with Crippen molar-refractivity contribution in [1.29, 1.82) is 0 Å². The molecule has 0 aliphatic heterocycles. The van der Waals surface area contributed by atoms with E-state index < -0.39 is 17.8 Å². The van der Waals surface area contributed by atoms with Crippen molar-refractivity contribution in [3.63, 3.8) is 0 Å². The van der Waals surface area contributed by atoms with Gasteiger partial charge in [-0.05, 0) is 64.0 Å². The summed E-state index contributed by atoms with van der Waals surface area (Å²) in [6.45, 7) is 0. The normalized spacial score (nSPS) is 11.0. The summed E-state index contributed by atoms with van der Waals surface area (Å²) in [6.07, 6.45) is 1.52. The maximum Gasteiger partial charge on any atom is 0.335 e. The van der Waals surface area contributed by atoms with Crippen molar-refractivity contribution in [3.8, 4) is 0 Å². The second-order valence-electron chi connectivity index (χ2n) is 5.86. The first-order valence-electron chi connectivity index (χ1n) is 8.40. The van der Waals surface area contributed by atoms with E-state index in [9.17, 15) is 14.4 Å². The van der Waals surface area contributed by atoms with Crippen molar-refractivity contribution < 1.29 is 23.9 Å². The van der Waals surface area contributed by atoms with Crippen LogP contribution in [0.3, 0.4) is 0 Å². The lowest BCUT2D eigenvalue weighted by molar-refractivity contribution is -0.113. The maximum absolute atomic E-state index is 12.8. The number of carbonyl (C=O) groups excluding carboxylic acids is 2. The maximum atomic E-state index is 12.8. The third kappa shape index (κ3) is 5.43. The van der Waals surface area contributed by atoms with Gasteiger partial charge in [-0.15, -0.1) is 0 Å². The van der Waals surface area contributed by atoms with E-state index in [0.29, 0.717) is 15.9 Å². The monoisotopic (exact) mass is 454 g/mol. The fourth-order valence-electron chi connectivity index (χ4n) is 2.39. The van der Waals surface area contributed by atoms with Gasteiger partial charge in [-0.25, -0.2) is 4.79 Å². The Morgan fingerprint density at radius 3 is 2.21 bits per heavy atom. The zero-order valence-corrected chi connectivity index (χ0v) is 16.5. The molecule has 29 heavy (non-hydrogen) atoms. The highest BCUT2D eigenvalue weighted by Gasteiger charge is 2.17. The number of aromatic carboxylic acids is 1. The minimum Gasteiger partial charge on any atom is -0.478 e. The molecule has 0 radical (unpaired) electrons. The van der Waals surface area contributed by atoms with Crippen LogP contribution >= 0.6 is 15.9 Å². The van der Waals surface area contributed by atoms with Gasteiger partial charge in [-0.3, -0.25) is 9.59 Å². The Morgan fingerprint density at radius 1 is 0.931 bits per heavy atom. The van der Waals surface area contributed by atoms with Gasteiger partial charge in [0.1, 0.15) is 5.70 Å². The van der Waals surface area contributed by atoms with Gasteiger partial charge in [0.25, 0.3) is 11.8 Å². The number of carbonyl (C=O) groups is 3. The molecule has 2 aromatic carbocycles. The van der Waals surface area contributed by atoms with Crippen LogP contribution in [0.15, 0.2) is 81.5 Å². The molecule has 0 fully saturated rings. The van der Waals surface area contributed by atoms with E-state index in [-0.39, 0.29) is 17.0 Å². The van der Waals surface area contributed by atoms with Gasteiger partial charge >= 0.3 is 5.97 Å². The fourth-order valence-corrected chi connectivity index (χ4v) is 2.70. The van der Waals surface area contributed by atoms with Crippen LogP contribution in [-0.4, -0.2) is 22.9 Å². The SMILES string of the molecule is O=C(Nc1ccc(C(=O)O)cc1)/C(=C\c1ccccc1)NC(=O)c1ccc(Br)o1. The molecule has 3 aromatic rings. The van der Waals surface area contributed by atoms with Crippen LogP contribution in [0.4, 0.5) is 5.69 Å². The molecule has 8 heteroatoms. The van der Waals surface area contributed by atoms with Crippen LogP contribution in [0, 0.1) is 0 Å². The van der Waals surface area contributed by atoms with Crippen LogP contribution in [-0.2, 0) is 4.79 Å². The van der Waals surface area contributed by atoms with E-state index >= 15 is 0 Å². The highest BCUT2D eigenvalue weighted by Crippen LogP contribution is 2.16. The van der Waals surface area contributed by atoms with Crippen LogP contribution in [0.1, 0.15) is 26.5 Å². The molecule has 0 bridgehead atoms. The van der Waals surface area contributed by atoms with E-state index in [1.807, 2.05) is 6.07 Å². The smallest absolute Gasteiger partial charge is 0.335 e. The average Bonchev–Trinajstić information content (AvgIpc) is 3.15. The Kier molecular flexibility index (Phi) is 6.25. The largest absolute Gasteiger partial charge is 0.478 e. The van der Waals surface area contributed by atoms with Crippen LogP contribution in [0.5, 0.6) is 0 Å². The summed E-state index contributed by atoms with van der Waals surface area (Å²) in [5, 5.41) is 14.1. The molecule has 7 nitrogen and oxygen atoms in total. The number of hydrogen-bond acceptors (Lipinski definition) is 4. The Hall–Kier alpha value is -3.65. The van der Waals surface area contributed by atoms with Crippen LogP contribution < -0.4 is 10.6 Å². The Bertz CT molecular complexity index is 1070. The zero-order valence-electron chi connectivity index (χ0n) is 14.9.